The van der Waals surface area contributed by atoms with Gasteiger partial charge in [-0.05, 0) is 26.8 Å². The van der Waals surface area contributed by atoms with Gasteiger partial charge in [0.2, 0.25) is 5.75 Å². The number of benzene rings is 1. The van der Waals surface area contributed by atoms with Gasteiger partial charge in [0.15, 0.2) is 5.75 Å². The number of nitrogens with one attached hydrogen (secondary N) is 2. The molecule has 0 spiro atoms. The predicted octanol–water partition coefficient (Wildman–Crippen LogP) is 0.674. The van der Waals surface area contributed by atoms with Crippen LogP contribution in [0.1, 0.15) is 26.3 Å². The lowest BCUT2D eigenvalue weighted by Gasteiger charge is -2.07. The summed E-state index contributed by atoms with van der Waals surface area (Å²) in [7, 11) is 0. The molecule has 1 aromatic rings. The minimum atomic E-state index is -0.974. The van der Waals surface area contributed by atoms with Gasteiger partial charge in [-0.15, -0.1) is 0 Å². The summed E-state index contributed by atoms with van der Waals surface area (Å²) in [5.41, 5.74) is 1.63. The van der Waals surface area contributed by atoms with E-state index in [0.717, 1.165) is 12.3 Å². The van der Waals surface area contributed by atoms with Crippen molar-refractivity contribution in [1.82, 2.24) is 10.7 Å². The van der Waals surface area contributed by atoms with E-state index in [1.807, 2.05) is 5.43 Å². The van der Waals surface area contributed by atoms with Gasteiger partial charge in [0.25, 0.3) is 0 Å². The van der Waals surface area contributed by atoms with E-state index in [2.05, 4.69) is 10.4 Å². The normalized spacial score (nSPS) is 10.7. The fraction of sp³-hybridized carbons (Fsp3) is 0.357. The van der Waals surface area contributed by atoms with E-state index in [-0.39, 0.29) is 24.0 Å². The van der Waals surface area contributed by atoms with Gasteiger partial charge in [0, 0.05) is 17.7 Å². The summed E-state index contributed by atoms with van der Waals surface area (Å²) in [6, 6.07) is 2.16. The number of ether oxygens (including phenoxy) is 1. The summed E-state index contributed by atoms with van der Waals surface area (Å²) in [6.45, 7) is 5.23. The molecule has 10 nitrogen and oxygen atoms in total. The van der Waals surface area contributed by atoms with Crippen LogP contribution in [0, 0.1) is 10.1 Å². The molecule has 0 aliphatic rings. The summed E-state index contributed by atoms with van der Waals surface area (Å²) in [5, 5.41) is 26.6. The van der Waals surface area contributed by atoms with E-state index >= 15 is 0 Å². The second-order valence-electron chi connectivity index (χ2n) is 4.90. The summed E-state index contributed by atoms with van der Waals surface area (Å²) in [6.07, 6.45) is 1.09. The van der Waals surface area contributed by atoms with E-state index in [1.165, 1.54) is 6.07 Å². The summed E-state index contributed by atoms with van der Waals surface area (Å²) >= 11 is 0. The fourth-order valence-corrected chi connectivity index (χ4v) is 1.64. The highest BCUT2D eigenvalue weighted by Crippen LogP contribution is 2.36. The molecule has 130 valence electrons. The molecule has 0 bridgehead atoms. The number of carbonyl (C=O) groups excluding carboxylic acids is 2. The van der Waals surface area contributed by atoms with Gasteiger partial charge in [-0.3, -0.25) is 19.7 Å². The van der Waals surface area contributed by atoms with E-state index in [4.69, 9.17) is 4.74 Å². The SMILES string of the molecule is CCOc1cc(/C=N\NC(=O)C(=O)NC(C)C)cc([N+](=O)[O-])c1O. The van der Waals surface area contributed by atoms with Crippen LogP contribution in [0.4, 0.5) is 5.69 Å². The minimum absolute atomic E-state index is 0.0861. The van der Waals surface area contributed by atoms with Crippen LogP contribution in [0.15, 0.2) is 17.2 Å². The van der Waals surface area contributed by atoms with Crippen molar-refractivity contribution < 1.29 is 24.4 Å². The molecular weight excluding hydrogens is 320 g/mol. The van der Waals surface area contributed by atoms with Gasteiger partial charge in [0.05, 0.1) is 17.7 Å². The van der Waals surface area contributed by atoms with Gasteiger partial charge in [0.1, 0.15) is 0 Å². The quantitative estimate of drug-likeness (QED) is 0.301. The molecule has 0 aromatic heterocycles. The first-order valence-corrected chi connectivity index (χ1v) is 7.04. The Balaban J connectivity index is 2.92. The molecular formula is C14H18N4O6. The maximum atomic E-state index is 11.5. The van der Waals surface area contributed by atoms with Crippen molar-refractivity contribution in [3.05, 3.63) is 27.8 Å². The predicted molar refractivity (Wildman–Crippen MR) is 84.9 cm³/mol. The van der Waals surface area contributed by atoms with Crippen molar-refractivity contribution in [1.29, 1.82) is 0 Å². The van der Waals surface area contributed by atoms with Crippen LogP contribution in [0.2, 0.25) is 0 Å². The molecule has 0 fully saturated rings. The molecule has 0 radical (unpaired) electrons. The topological polar surface area (TPSA) is 143 Å². The number of rotatable bonds is 6. The number of nitro groups is 1. The number of amides is 2. The van der Waals surface area contributed by atoms with E-state index in [9.17, 15) is 24.8 Å². The lowest BCUT2D eigenvalue weighted by atomic mass is 10.2. The van der Waals surface area contributed by atoms with Crippen molar-refractivity contribution in [3.8, 4) is 11.5 Å². The van der Waals surface area contributed by atoms with Gasteiger partial charge >= 0.3 is 17.5 Å². The number of aromatic hydroxyl groups is 1. The van der Waals surface area contributed by atoms with E-state index in [0.29, 0.717) is 0 Å². The Morgan fingerprint density at radius 1 is 1.42 bits per heavy atom. The second kappa shape index (κ2) is 8.46. The summed E-state index contributed by atoms with van der Waals surface area (Å²) in [4.78, 5) is 33.0. The average molecular weight is 338 g/mol. The first-order chi connectivity index (χ1) is 11.3. The van der Waals surface area contributed by atoms with Gasteiger partial charge in [-0.2, -0.15) is 5.10 Å². The molecule has 2 amide bonds. The molecule has 10 heteroatoms. The number of nitro benzene ring substituents is 1. The Morgan fingerprint density at radius 3 is 2.62 bits per heavy atom. The number of hydrogen-bond acceptors (Lipinski definition) is 7. The molecule has 1 rings (SSSR count). The number of phenolic OH excluding ortho intramolecular Hbond substituents is 1. The molecule has 0 aliphatic heterocycles. The molecule has 0 heterocycles. The molecule has 3 N–H and O–H groups in total. The number of hydrazone groups is 1. The number of hydrogen-bond donors (Lipinski definition) is 3. The summed E-state index contributed by atoms with van der Waals surface area (Å²) in [5.74, 6) is -2.51. The van der Waals surface area contributed by atoms with Crippen molar-refractivity contribution in [2.45, 2.75) is 26.8 Å². The monoisotopic (exact) mass is 338 g/mol. The lowest BCUT2D eigenvalue weighted by Crippen LogP contribution is -2.41. The Hall–Kier alpha value is -3.17. The lowest BCUT2D eigenvalue weighted by molar-refractivity contribution is -0.386. The molecule has 0 unspecified atom stereocenters. The third-order valence-corrected chi connectivity index (χ3v) is 2.58. The van der Waals surface area contributed by atoms with Crippen LogP contribution in [0.25, 0.3) is 0 Å². The van der Waals surface area contributed by atoms with Gasteiger partial charge in [-0.25, -0.2) is 5.43 Å². The Labute approximate surface area is 137 Å². The molecule has 0 saturated heterocycles. The Kier molecular flexibility index (Phi) is 6.65. The largest absolute Gasteiger partial charge is 0.500 e. The molecule has 0 atom stereocenters. The third-order valence-electron chi connectivity index (χ3n) is 2.58. The highest BCUT2D eigenvalue weighted by atomic mass is 16.6. The van der Waals surface area contributed by atoms with E-state index in [1.54, 1.807) is 20.8 Å². The van der Waals surface area contributed by atoms with Crippen molar-refractivity contribution >= 4 is 23.7 Å². The van der Waals surface area contributed by atoms with Crippen LogP contribution in [-0.2, 0) is 9.59 Å². The fourth-order valence-electron chi connectivity index (χ4n) is 1.64. The third kappa shape index (κ3) is 5.23. The standard InChI is InChI=1S/C14H18N4O6/c1-4-24-11-6-9(5-10(12(11)19)18(22)23)7-15-17-14(21)13(20)16-8(2)3/h5-8,19H,4H2,1-3H3,(H,16,20)(H,17,21)/b15-7-. The van der Waals surface area contributed by atoms with Crippen LogP contribution in [-0.4, -0.2) is 40.7 Å². The van der Waals surface area contributed by atoms with Gasteiger partial charge < -0.3 is 15.2 Å². The summed E-state index contributed by atoms with van der Waals surface area (Å²) < 4.78 is 5.11. The zero-order valence-electron chi connectivity index (χ0n) is 13.4. The average Bonchev–Trinajstić information content (AvgIpc) is 2.49. The number of phenols is 1. The maximum Gasteiger partial charge on any atom is 0.329 e. The molecule has 24 heavy (non-hydrogen) atoms. The maximum absolute atomic E-state index is 11.5. The second-order valence-corrected chi connectivity index (χ2v) is 4.90. The molecule has 0 saturated carbocycles. The minimum Gasteiger partial charge on any atom is -0.500 e. The number of carbonyl (C=O) groups is 2. The van der Waals surface area contributed by atoms with Crippen LogP contribution in [0.3, 0.4) is 0 Å². The van der Waals surface area contributed by atoms with Crippen molar-refractivity contribution in [2.75, 3.05) is 6.61 Å². The highest BCUT2D eigenvalue weighted by molar-refractivity contribution is 6.35. The first-order valence-electron chi connectivity index (χ1n) is 7.04. The van der Waals surface area contributed by atoms with Gasteiger partial charge in [-0.1, -0.05) is 0 Å². The first kappa shape index (κ1) is 18.9. The zero-order chi connectivity index (χ0) is 18.3. The Bertz CT molecular complexity index is 671. The van der Waals surface area contributed by atoms with Crippen LogP contribution < -0.4 is 15.5 Å². The van der Waals surface area contributed by atoms with Crippen LogP contribution in [0.5, 0.6) is 11.5 Å². The number of nitrogens with zero attached hydrogens (tertiary/aromatic N) is 2. The zero-order valence-corrected chi connectivity index (χ0v) is 13.4. The van der Waals surface area contributed by atoms with Crippen LogP contribution >= 0.6 is 0 Å². The van der Waals surface area contributed by atoms with Crippen molar-refractivity contribution in [2.24, 2.45) is 5.10 Å². The Morgan fingerprint density at radius 2 is 2.08 bits per heavy atom. The molecule has 1 aromatic carbocycles. The molecule has 0 aliphatic carbocycles. The van der Waals surface area contributed by atoms with E-state index < -0.39 is 28.2 Å². The highest BCUT2D eigenvalue weighted by Gasteiger charge is 2.20. The van der Waals surface area contributed by atoms with Crippen molar-refractivity contribution in [3.63, 3.8) is 0 Å². The smallest absolute Gasteiger partial charge is 0.329 e.